The van der Waals surface area contributed by atoms with Crippen molar-refractivity contribution in [3.8, 4) is 0 Å². The van der Waals surface area contributed by atoms with Crippen molar-refractivity contribution in [2.24, 2.45) is 7.05 Å². The maximum atomic E-state index is 9.27. The average molecular weight is 183 g/mol. The third-order valence-electron chi connectivity index (χ3n) is 2.07. The molecule has 0 saturated heterocycles. The van der Waals surface area contributed by atoms with Crippen molar-refractivity contribution in [2.45, 2.75) is 26.0 Å². The number of nitrogens with one attached hydrogen (secondary N) is 1. The van der Waals surface area contributed by atoms with E-state index in [0.29, 0.717) is 6.54 Å². The number of aliphatic hydroxyl groups excluding tert-OH is 1. The molecule has 2 N–H and O–H groups in total. The predicted octanol–water partition coefficient (Wildman–Crippen LogP) is 0.281. The summed E-state index contributed by atoms with van der Waals surface area (Å²) in [5.41, 5.74) is 1.13. The van der Waals surface area contributed by atoms with Crippen LogP contribution in [-0.4, -0.2) is 27.3 Å². The highest BCUT2D eigenvalue weighted by atomic mass is 16.3. The topological polar surface area (TPSA) is 50.1 Å². The Labute approximate surface area is 78.6 Å². The Balaban J connectivity index is 2.24. The van der Waals surface area contributed by atoms with Crippen LogP contribution in [0.15, 0.2) is 12.5 Å². The minimum Gasteiger partial charge on any atom is -0.392 e. The van der Waals surface area contributed by atoms with Gasteiger partial charge in [-0.3, -0.25) is 0 Å². The predicted molar refractivity (Wildman–Crippen MR) is 51.2 cm³/mol. The van der Waals surface area contributed by atoms with Gasteiger partial charge in [-0.25, -0.2) is 4.98 Å². The van der Waals surface area contributed by atoms with Gasteiger partial charge in [-0.05, 0) is 6.42 Å². The fourth-order valence-electron chi connectivity index (χ4n) is 1.07. The van der Waals surface area contributed by atoms with Gasteiger partial charge < -0.3 is 15.0 Å². The summed E-state index contributed by atoms with van der Waals surface area (Å²) < 4.78 is 1.96. The molecule has 0 radical (unpaired) electrons. The van der Waals surface area contributed by atoms with Crippen molar-refractivity contribution in [3.05, 3.63) is 18.2 Å². The van der Waals surface area contributed by atoms with Gasteiger partial charge in [0, 0.05) is 26.3 Å². The van der Waals surface area contributed by atoms with E-state index in [9.17, 15) is 5.11 Å². The van der Waals surface area contributed by atoms with Crippen LogP contribution in [0.2, 0.25) is 0 Å². The van der Waals surface area contributed by atoms with Crippen LogP contribution in [0.1, 0.15) is 19.0 Å². The third-order valence-corrected chi connectivity index (χ3v) is 2.07. The van der Waals surface area contributed by atoms with Crippen LogP contribution >= 0.6 is 0 Å². The molecule has 0 aliphatic carbocycles. The Morgan fingerprint density at radius 2 is 2.46 bits per heavy atom. The molecule has 0 fully saturated rings. The summed E-state index contributed by atoms with van der Waals surface area (Å²) in [5, 5.41) is 12.4. The Kier molecular flexibility index (Phi) is 3.92. The lowest BCUT2D eigenvalue weighted by molar-refractivity contribution is 0.167. The fraction of sp³-hybridized carbons (Fsp3) is 0.667. The van der Waals surface area contributed by atoms with E-state index in [1.165, 1.54) is 0 Å². The molecule has 1 heterocycles. The monoisotopic (exact) mass is 183 g/mol. The molecule has 4 nitrogen and oxygen atoms in total. The second-order valence-corrected chi connectivity index (χ2v) is 3.19. The highest BCUT2D eigenvalue weighted by molar-refractivity contribution is 4.96. The van der Waals surface area contributed by atoms with Gasteiger partial charge in [0.05, 0.1) is 18.1 Å². The van der Waals surface area contributed by atoms with Crippen molar-refractivity contribution in [1.82, 2.24) is 14.9 Å². The van der Waals surface area contributed by atoms with Crippen LogP contribution < -0.4 is 5.32 Å². The molecule has 0 amide bonds. The molecule has 13 heavy (non-hydrogen) atoms. The SMILES string of the molecule is CCC(O)CNCc1cncn1C. The van der Waals surface area contributed by atoms with Crippen LogP contribution in [0.5, 0.6) is 0 Å². The molecule has 1 unspecified atom stereocenters. The molecule has 1 aromatic rings. The van der Waals surface area contributed by atoms with Crippen LogP contribution in [0.25, 0.3) is 0 Å². The number of hydrogen-bond acceptors (Lipinski definition) is 3. The van der Waals surface area contributed by atoms with Gasteiger partial charge in [-0.2, -0.15) is 0 Å². The summed E-state index contributed by atoms with van der Waals surface area (Å²) in [4.78, 5) is 4.00. The van der Waals surface area contributed by atoms with E-state index in [-0.39, 0.29) is 6.10 Å². The number of nitrogens with zero attached hydrogens (tertiary/aromatic N) is 2. The molecule has 0 aromatic carbocycles. The Morgan fingerprint density at radius 1 is 1.69 bits per heavy atom. The van der Waals surface area contributed by atoms with Gasteiger partial charge in [-0.15, -0.1) is 0 Å². The molecular formula is C9H17N3O. The van der Waals surface area contributed by atoms with E-state index in [0.717, 1.165) is 18.7 Å². The Bertz CT molecular complexity index is 247. The highest BCUT2D eigenvalue weighted by Crippen LogP contribution is 1.95. The molecule has 0 saturated carbocycles. The molecule has 1 atom stereocenters. The highest BCUT2D eigenvalue weighted by Gasteiger charge is 2.01. The van der Waals surface area contributed by atoms with Crippen LogP contribution in [0.3, 0.4) is 0 Å². The van der Waals surface area contributed by atoms with E-state index in [1.807, 2.05) is 24.7 Å². The molecule has 1 aromatic heterocycles. The summed E-state index contributed by atoms with van der Waals surface area (Å²) in [6, 6.07) is 0. The zero-order chi connectivity index (χ0) is 9.68. The first kappa shape index (κ1) is 10.2. The standard InChI is InChI=1S/C9H17N3O/c1-3-9(13)6-10-4-8-5-11-7-12(8)2/h5,7,9-10,13H,3-4,6H2,1-2H3. The fourth-order valence-corrected chi connectivity index (χ4v) is 1.07. The third kappa shape index (κ3) is 3.16. The minimum absolute atomic E-state index is 0.242. The number of aryl methyl sites for hydroxylation is 1. The average Bonchev–Trinajstić information content (AvgIpc) is 2.52. The van der Waals surface area contributed by atoms with Crippen molar-refractivity contribution in [2.75, 3.05) is 6.54 Å². The molecule has 1 rings (SSSR count). The first-order chi connectivity index (χ1) is 6.24. The summed E-state index contributed by atoms with van der Waals surface area (Å²) in [7, 11) is 1.96. The first-order valence-electron chi connectivity index (χ1n) is 4.58. The van der Waals surface area contributed by atoms with Crippen molar-refractivity contribution < 1.29 is 5.11 Å². The van der Waals surface area contributed by atoms with Gasteiger partial charge in [0.1, 0.15) is 0 Å². The van der Waals surface area contributed by atoms with E-state index < -0.39 is 0 Å². The summed E-state index contributed by atoms with van der Waals surface area (Å²) in [5.74, 6) is 0. The van der Waals surface area contributed by atoms with Crippen molar-refractivity contribution in [3.63, 3.8) is 0 Å². The van der Waals surface area contributed by atoms with Gasteiger partial charge >= 0.3 is 0 Å². The zero-order valence-corrected chi connectivity index (χ0v) is 8.20. The number of imidazole rings is 1. The largest absolute Gasteiger partial charge is 0.392 e. The number of rotatable bonds is 5. The maximum absolute atomic E-state index is 9.27. The minimum atomic E-state index is -0.242. The maximum Gasteiger partial charge on any atom is 0.0945 e. The normalized spacial score (nSPS) is 13.2. The molecule has 0 aliphatic rings. The van der Waals surface area contributed by atoms with E-state index in [4.69, 9.17) is 0 Å². The molecule has 4 heteroatoms. The molecule has 0 aliphatic heterocycles. The van der Waals surface area contributed by atoms with E-state index in [1.54, 1.807) is 6.33 Å². The van der Waals surface area contributed by atoms with E-state index >= 15 is 0 Å². The van der Waals surface area contributed by atoms with Crippen molar-refractivity contribution in [1.29, 1.82) is 0 Å². The number of aromatic nitrogens is 2. The van der Waals surface area contributed by atoms with Gasteiger partial charge in [-0.1, -0.05) is 6.92 Å². The Hall–Kier alpha value is -0.870. The lowest BCUT2D eigenvalue weighted by Gasteiger charge is -2.09. The molecular weight excluding hydrogens is 166 g/mol. The zero-order valence-electron chi connectivity index (χ0n) is 8.20. The van der Waals surface area contributed by atoms with Crippen LogP contribution in [0, 0.1) is 0 Å². The summed E-state index contributed by atoms with van der Waals surface area (Å²) >= 11 is 0. The summed E-state index contributed by atoms with van der Waals surface area (Å²) in [6.45, 7) is 3.37. The number of aliphatic hydroxyl groups is 1. The van der Waals surface area contributed by atoms with Crippen LogP contribution in [0.4, 0.5) is 0 Å². The lowest BCUT2D eigenvalue weighted by atomic mass is 10.3. The Morgan fingerprint density at radius 3 is 3.00 bits per heavy atom. The van der Waals surface area contributed by atoms with Gasteiger partial charge in [0.15, 0.2) is 0 Å². The second kappa shape index (κ2) is 4.99. The van der Waals surface area contributed by atoms with Gasteiger partial charge in [0.2, 0.25) is 0 Å². The van der Waals surface area contributed by atoms with E-state index in [2.05, 4.69) is 10.3 Å². The molecule has 0 bridgehead atoms. The van der Waals surface area contributed by atoms with Crippen LogP contribution in [-0.2, 0) is 13.6 Å². The smallest absolute Gasteiger partial charge is 0.0945 e. The lowest BCUT2D eigenvalue weighted by Crippen LogP contribution is -2.26. The van der Waals surface area contributed by atoms with Gasteiger partial charge in [0.25, 0.3) is 0 Å². The van der Waals surface area contributed by atoms with Crippen molar-refractivity contribution >= 4 is 0 Å². The summed E-state index contributed by atoms with van der Waals surface area (Å²) in [6.07, 6.45) is 4.14. The quantitative estimate of drug-likeness (QED) is 0.689. The number of hydrogen-bond donors (Lipinski definition) is 2. The molecule has 74 valence electrons. The molecule has 0 spiro atoms. The second-order valence-electron chi connectivity index (χ2n) is 3.19. The first-order valence-corrected chi connectivity index (χ1v) is 4.58.